The molecule has 0 fully saturated rings. The van der Waals surface area contributed by atoms with Crippen LogP contribution in [0.15, 0.2) is 12.2 Å². The lowest BCUT2D eigenvalue weighted by atomic mass is 10.2. The van der Waals surface area contributed by atoms with Crippen LogP contribution in [0.1, 0.15) is 19.8 Å². The fourth-order valence-electron chi connectivity index (χ4n) is 0.500. The van der Waals surface area contributed by atoms with Crippen molar-refractivity contribution in [2.45, 2.75) is 25.9 Å². The van der Waals surface area contributed by atoms with Crippen molar-refractivity contribution in [2.24, 2.45) is 0 Å². The number of hydrogen-bond donors (Lipinski definition) is 1. The molecule has 0 rings (SSSR count). The Labute approximate surface area is 55.2 Å². The van der Waals surface area contributed by atoms with Crippen LogP contribution < -0.4 is 0 Å². The third-order valence-electron chi connectivity index (χ3n) is 1.01. The number of aliphatic hydroxyl groups excluding tert-OH is 1. The topological polar surface area (TPSA) is 37.3 Å². The van der Waals surface area contributed by atoms with Gasteiger partial charge in [0, 0.05) is 6.42 Å². The average molecular weight is 128 g/mol. The van der Waals surface area contributed by atoms with E-state index in [1.165, 1.54) is 0 Å². The molecule has 0 unspecified atom stereocenters. The fourth-order valence-corrected chi connectivity index (χ4v) is 0.500. The number of aldehydes is 1. The monoisotopic (exact) mass is 128 g/mol. The van der Waals surface area contributed by atoms with Crippen molar-refractivity contribution in [2.75, 3.05) is 0 Å². The van der Waals surface area contributed by atoms with E-state index in [2.05, 4.69) is 0 Å². The van der Waals surface area contributed by atoms with Crippen molar-refractivity contribution in [3.8, 4) is 0 Å². The van der Waals surface area contributed by atoms with Gasteiger partial charge in [-0.15, -0.1) is 0 Å². The second-order valence-corrected chi connectivity index (χ2v) is 1.86. The van der Waals surface area contributed by atoms with Gasteiger partial charge in [-0.2, -0.15) is 0 Å². The van der Waals surface area contributed by atoms with E-state index < -0.39 is 6.10 Å². The Morgan fingerprint density at radius 3 is 2.67 bits per heavy atom. The van der Waals surface area contributed by atoms with Crippen LogP contribution in [0.25, 0.3) is 0 Å². The standard InChI is InChI=1S/C7H12O2/c1-2-3-4-7(9)5-6-8/h2-3,6-7,9H,4-5H2,1H3/b3-2-/t7-/m0/s1. The SMILES string of the molecule is C/C=C\C[C@H](O)CC=O. The highest BCUT2D eigenvalue weighted by Crippen LogP contribution is 1.95. The zero-order chi connectivity index (χ0) is 7.11. The first-order chi connectivity index (χ1) is 4.31. The van der Waals surface area contributed by atoms with E-state index in [1.54, 1.807) is 0 Å². The molecule has 0 aliphatic carbocycles. The summed E-state index contributed by atoms with van der Waals surface area (Å²) < 4.78 is 0. The largest absolute Gasteiger partial charge is 0.392 e. The second kappa shape index (κ2) is 5.51. The van der Waals surface area contributed by atoms with Crippen LogP contribution in [0.2, 0.25) is 0 Å². The summed E-state index contributed by atoms with van der Waals surface area (Å²) in [6, 6.07) is 0. The van der Waals surface area contributed by atoms with Gasteiger partial charge in [-0.3, -0.25) is 0 Å². The summed E-state index contributed by atoms with van der Waals surface area (Å²) in [5.41, 5.74) is 0. The Bertz CT molecular complexity index is 97.1. The quantitative estimate of drug-likeness (QED) is 0.451. The first-order valence-electron chi connectivity index (χ1n) is 3.04. The molecule has 0 radical (unpaired) electrons. The number of allylic oxidation sites excluding steroid dienone is 1. The lowest BCUT2D eigenvalue weighted by molar-refractivity contribution is -0.109. The predicted octanol–water partition coefficient (Wildman–Crippen LogP) is 0.903. The van der Waals surface area contributed by atoms with E-state index >= 15 is 0 Å². The first-order valence-corrected chi connectivity index (χ1v) is 3.04. The first kappa shape index (κ1) is 8.37. The van der Waals surface area contributed by atoms with Crippen LogP contribution in [0, 0.1) is 0 Å². The molecule has 0 saturated heterocycles. The van der Waals surface area contributed by atoms with Crippen LogP contribution in [0.5, 0.6) is 0 Å². The molecule has 2 heteroatoms. The predicted molar refractivity (Wildman–Crippen MR) is 36.1 cm³/mol. The number of aliphatic hydroxyl groups is 1. The van der Waals surface area contributed by atoms with Crippen LogP contribution >= 0.6 is 0 Å². The zero-order valence-electron chi connectivity index (χ0n) is 5.58. The summed E-state index contributed by atoms with van der Waals surface area (Å²) in [4.78, 5) is 9.79. The summed E-state index contributed by atoms with van der Waals surface area (Å²) in [7, 11) is 0. The van der Waals surface area contributed by atoms with Crippen LogP contribution in [-0.2, 0) is 4.79 Å². The lowest BCUT2D eigenvalue weighted by Crippen LogP contribution is -2.04. The van der Waals surface area contributed by atoms with Crippen LogP contribution in [0.4, 0.5) is 0 Å². The minimum absolute atomic E-state index is 0.240. The Balaban J connectivity index is 3.25. The van der Waals surface area contributed by atoms with Crippen LogP contribution in [0.3, 0.4) is 0 Å². The second-order valence-electron chi connectivity index (χ2n) is 1.86. The molecule has 0 amide bonds. The molecule has 0 aliphatic rings. The highest BCUT2D eigenvalue weighted by Gasteiger charge is 1.97. The highest BCUT2D eigenvalue weighted by molar-refractivity contribution is 5.50. The third-order valence-corrected chi connectivity index (χ3v) is 1.01. The summed E-state index contributed by atoms with van der Waals surface area (Å²) in [6.07, 6.45) is 4.76. The highest BCUT2D eigenvalue weighted by atomic mass is 16.3. The molecule has 0 aromatic carbocycles. The molecule has 1 atom stereocenters. The van der Waals surface area contributed by atoms with Crippen molar-refractivity contribution in [1.82, 2.24) is 0 Å². The minimum atomic E-state index is -0.487. The number of carbonyl (C=O) groups is 1. The molecule has 0 saturated carbocycles. The van der Waals surface area contributed by atoms with Gasteiger partial charge < -0.3 is 9.90 Å². The molecule has 0 aromatic rings. The van der Waals surface area contributed by atoms with Crippen molar-refractivity contribution in [1.29, 1.82) is 0 Å². The maximum atomic E-state index is 9.79. The van der Waals surface area contributed by atoms with E-state index in [-0.39, 0.29) is 6.42 Å². The minimum Gasteiger partial charge on any atom is -0.392 e. The van der Waals surface area contributed by atoms with Gasteiger partial charge >= 0.3 is 0 Å². The molecule has 0 heterocycles. The molecule has 0 bridgehead atoms. The molecule has 0 aliphatic heterocycles. The van der Waals surface area contributed by atoms with Gasteiger partial charge in [0.15, 0.2) is 0 Å². The maximum Gasteiger partial charge on any atom is 0.122 e. The summed E-state index contributed by atoms with van der Waals surface area (Å²) in [6.45, 7) is 1.88. The van der Waals surface area contributed by atoms with E-state index in [1.807, 2.05) is 19.1 Å². The zero-order valence-corrected chi connectivity index (χ0v) is 5.58. The number of rotatable bonds is 4. The fraction of sp³-hybridized carbons (Fsp3) is 0.571. The Kier molecular flexibility index (Phi) is 5.12. The summed E-state index contributed by atoms with van der Waals surface area (Å²) >= 11 is 0. The third kappa shape index (κ3) is 5.24. The van der Waals surface area contributed by atoms with Crippen molar-refractivity contribution < 1.29 is 9.90 Å². The smallest absolute Gasteiger partial charge is 0.122 e. The van der Waals surface area contributed by atoms with Crippen LogP contribution in [-0.4, -0.2) is 17.5 Å². The van der Waals surface area contributed by atoms with Gasteiger partial charge in [-0.1, -0.05) is 12.2 Å². The Morgan fingerprint density at radius 2 is 2.22 bits per heavy atom. The average Bonchev–Trinajstić information content (AvgIpc) is 1.85. The molecular weight excluding hydrogens is 116 g/mol. The summed E-state index contributed by atoms with van der Waals surface area (Å²) in [5.74, 6) is 0. The van der Waals surface area contributed by atoms with Gasteiger partial charge in [0.1, 0.15) is 6.29 Å². The van der Waals surface area contributed by atoms with E-state index in [0.717, 1.165) is 6.29 Å². The number of carbonyl (C=O) groups excluding carboxylic acids is 1. The molecular formula is C7H12O2. The molecule has 0 aromatic heterocycles. The van der Waals surface area contributed by atoms with Crippen molar-refractivity contribution in [3.05, 3.63) is 12.2 Å². The van der Waals surface area contributed by atoms with Crippen molar-refractivity contribution in [3.63, 3.8) is 0 Å². The van der Waals surface area contributed by atoms with Gasteiger partial charge in [-0.25, -0.2) is 0 Å². The maximum absolute atomic E-state index is 9.79. The van der Waals surface area contributed by atoms with Gasteiger partial charge in [0.05, 0.1) is 6.10 Å². The normalized spacial score (nSPS) is 14.0. The van der Waals surface area contributed by atoms with Crippen molar-refractivity contribution >= 4 is 6.29 Å². The molecule has 0 spiro atoms. The van der Waals surface area contributed by atoms with Gasteiger partial charge in [-0.05, 0) is 13.3 Å². The summed E-state index contributed by atoms with van der Waals surface area (Å²) in [5, 5.41) is 8.90. The Hall–Kier alpha value is -0.630. The van der Waals surface area contributed by atoms with E-state index in [0.29, 0.717) is 6.42 Å². The Morgan fingerprint density at radius 1 is 1.56 bits per heavy atom. The molecule has 1 N–H and O–H groups in total. The van der Waals surface area contributed by atoms with E-state index in [9.17, 15) is 4.79 Å². The molecule has 52 valence electrons. The number of hydrogen-bond acceptors (Lipinski definition) is 2. The van der Waals surface area contributed by atoms with Gasteiger partial charge in [0.25, 0.3) is 0 Å². The molecule has 9 heavy (non-hydrogen) atoms. The molecule has 2 nitrogen and oxygen atoms in total. The van der Waals surface area contributed by atoms with Gasteiger partial charge in [0.2, 0.25) is 0 Å². The lowest BCUT2D eigenvalue weighted by Gasteiger charge is -1.99. The van der Waals surface area contributed by atoms with E-state index in [4.69, 9.17) is 5.11 Å².